The van der Waals surface area contributed by atoms with Crippen molar-refractivity contribution in [3.63, 3.8) is 0 Å². The molecule has 2 amide bonds. The zero-order valence-electron chi connectivity index (χ0n) is 15.3. The van der Waals surface area contributed by atoms with E-state index >= 15 is 0 Å². The number of hydrogen-bond donors (Lipinski definition) is 2. The van der Waals surface area contributed by atoms with Crippen LogP contribution in [-0.4, -0.2) is 31.0 Å². The Morgan fingerprint density at radius 2 is 1.88 bits per heavy atom. The average Bonchev–Trinajstić information content (AvgIpc) is 2.65. The smallest absolute Gasteiger partial charge is 0.258 e. The summed E-state index contributed by atoms with van der Waals surface area (Å²) in [4.78, 5) is 23.9. The number of amides is 2. The lowest BCUT2D eigenvalue weighted by atomic mass is 9.95. The van der Waals surface area contributed by atoms with Gasteiger partial charge >= 0.3 is 0 Å². The van der Waals surface area contributed by atoms with Gasteiger partial charge in [0.05, 0.1) is 6.54 Å². The first-order chi connectivity index (χ1) is 12.1. The number of hydrogen-bond acceptors (Lipinski definition) is 3. The summed E-state index contributed by atoms with van der Waals surface area (Å²) in [6.07, 6.45) is 6.67. The van der Waals surface area contributed by atoms with Crippen LogP contribution < -0.4 is 15.4 Å². The summed E-state index contributed by atoms with van der Waals surface area (Å²) in [5.41, 5.74) is 1.10. The van der Waals surface area contributed by atoms with Gasteiger partial charge in [0.15, 0.2) is 6.61 Å². The first kappa shape index (κ1) is 19.3. The van der Waals surface area contributed by atoms with Crippen LogP contribution in [0.5, 0.6) is 5.75 Å². The molecule has 1 aromatic rings. The van der Waals surface area contributed by atoms with E-state index in [0.717, 1.165) is 30.6 Å². The summed E-state index contributed by atoms with van der Waals surface area (Å²) in [5, 5.41) is 5.61. The van der Waals surface area contributed by atoms with E-state index in [4.69, 9.17) is 4.74 Å². The minimum Gasteiger partial charge on any atom is -0.483 e. The number of nitrogens with one attached hydrogen (secondary N) is 2. The van der Waals surface area contributed by atoms with Gasteiger partial charge in [-0.15, -0.1) is 0 Å². The summed E-state index contributed by atoms with van der Waals surface area (Å²) < 4.78 is 5.66. The lowest BCUT2D eigenvalue weighted by Crippen LogP contribution is -2.43. The van der Waals surface area contributed by atoms with Crippen LogP contribution in [0.15, 0.2) is 24.3 Å². The van der Waals surface area contributed by atoms with Gasteiger partial charge < -0.3 is 15.4 Å². The summed E-state index contributed by atoms with van der Waals surface area (Å²) in [6, 6.07) is 8.04. The summed E-state index contributed by atoms with van der Waals surface area (Å²) in [7, 11) is 0. The normalized spacial score (nSPS) is 16.1. The van der Waals surface area contributed by atoms with Crippen molar-refractivity contribution in [2.24, 2.45) is 0 Å². The van der Waals surface area contributed by atoms with E-state index in [-0.39, 0.29) is 31.0 Å². The quantitative estimate of drug-likeness (QED) is 0.760. The predicted molar refractivity (Wildman–Crippen MR) is 98.7 cm³/mol. The minimum atomic E-state index is -0.280. The predicted octanol–water partition coefficient (Wildman–Crippen LogP) is 3.14. The number of para-hydroxylation sites is 1. The van der Waals surface area contributed by atoms with Crippen molar-refractivity contribution in [3.8, 4) is 5.75 Å². The highest BCUT2D eigenvalue weighted by Gasteiger charge is 2.16. The number of rotatable bonds is 8. The molecule has 25 heavy (non-hydrogen) atoms. The molecule has 1 atom stereocenters. The van der Waals surface area contributed by atoms with Crippen LogP contribution in [0.1, 0.15) is 63.9 Å². The molecule has 0 spiro atoms. The van der Waals surface area contributed by atoms with Crippen molar-refractivity contribution in [2.45, 2.75) is 64.3 Å². The Morgan fingerprint density at radius 1 is 1.16 bits per heavy atom. The van der Waals surface area contributed by atoms with Crippen molar-refractivity contribution in [1.29, 1.82) is 0 Å². The van der Waals surface area contributed by atoms with Gasteiger partial charge in [0.1, 0.15) is 5.75 Å². The number of ether oxygens (including phenoxy) is 1. The lowest BCUT2D eigenvalue weighted by Gasteiger charge is -2.22. The van der Waals surface area contributed by atoms with E-state index in [0.29, 0.717) is 5.92 Å². The Balaban J connectivity index is 1.73. The fourth-order valence-electron chi connectivity index (χ4n) is 3.14. The SMILES string of the molecule is CC[C@@H](C)c1ccccc1OCC(=O)NCC(=O)NC1CCCCC1. The molecular weight excluding hydrogens is 316 g/mol. The largest absolute Gasteiger partial charge is 0.483 e. The maximum Gasteiger partial charge on any atom is 0.258 e. The van der Waals surface area contributed by atoms with E-state index < -0.39 is 0 Å². The van der Waals surface area contributed by atoms with Crippen LogP contribution in [0, 0.1) is 0 Å². The molecule has 138 valence electrons. The van der Waals surface area contributed by atoms with Gasteiger partial charge in [-0.05, 0) is 36.8 Å². The van der Waals surface area contributed by atoms with Gasteiger partial charge in [-0.2, -0.15) is 0 Å². The summed E-state index contributed by atoms with van der Waals surface area (Å²) in [5.74, 6) is 0.706. The van der Waals surface area contributed by atoms with Crippen LogP contribution in [-0.2, 0) is 9.59 Å². The highest BCUT2D eigenvalue weighted by atomic mass is 16.5. The molecule has 2 N–H and O–H groups in total. The molecule has 5 nitrogen and oxygen atoms in total. The van der Waals surface area contributed by atoms with Gasteiger partial charge in [0.25, 0.3) is 5.91 Å². The second-order valence-electron chi connectivity index (χ2n) is 6.81. The van der Waals surface area contributed by atoms with Gasteiger partial charge in [-0.3, -0.25) is 9.59 Å². The monoisotopic (exact) mass is 346 g/mol. The first-order valence-corrected chi connectivity index (χ1v) is 9.38. The third-order valence-corrected chi connectivity index (χ3v) is 4.84. The summed E-state index contributed by atoms with van der Waals surface area (Å²) in [6.45, 7) is 4.19. The molecule has 0 aromatic heterocycles. The van der Waals surface area contributed by atoms with Crippen LogP contribution in [0.25, 0.3) is 0 Å². The van der Waals surface area contributed by atoms with Crippen LogP contribution >= 0.6 is 0 Å². The topological polar surface area (TPSA) is 67.4 Å². The van der Waals surface area contributed by atoms with E-state index in [1.807, 2.05) is 24.3 Å². The zero-order chi connectivity index (χ0) is 18.1. The fourth-order valence-corrected chi connectivity index (χ4v) is 3.14. The van der Waals surface area contributed by atoms with E-state index in [1.165, 1.54) is 19.3 Å². The van der Waals surface area contributed by atoms with Crippen molar-refractivity contribution in [3.05, 3.63) is 29.8 Å². The Morgan fingerprint density at radius 3 is 2.60 bits per heavy atom. The third kappa shape index (κ3) is 6.40. The molecule has 0 unspecified atom stereocenters. The summed E-state index contributed by atoms with van der Waals surface area (Å²) >= 11 is 0. The molecule has 1 fully saturated rings. The van der Waals surface area contributed by atoms with Gasteiger partial charge in [-0.1, -0.05) is 51.3 Å². The first-order valence-electron chi connectivity index (χ1n) is 9.38. The van der Waals surface area contributed by atoms with Gasteiger partial charge in [0, 0.05) is 6.04 Å². The Kier molecular flexibility index (Phi) is 7.76. The van der Waals surface area contributed by atoms with Gasteiger partial charge in [-0.25, -0.2) is 0 Å². The maximum atomic E-state index is 11.9. The molecule has 5 heteroatoms. The van der Waals surface area contributed by atoms with E-state index in [2.05, 4.69) is 24.5 Å². The molecule has 0 heterocycles. The zero-order valence-corrected chi connectivity index (χ0v) is 15.3. The average molecular weight is 346 g/mol. The molecule has 1 aliphatic rings. The van der Waals surface area contributed by atoms with Crippen molar-refractivity contribution >= 4 is 11.8 Å². The number of carbonyl (C=O) groups is 2. The van der Waals surface area contributed by atoms with Crippen LogP contribution in [0.3, 0.4) is 0 Å². The third-order valence-electron chi connectivity index (χ3n) is 4.84. The second-order valence-corrected chi connectivity index (χ2v) is 6.81. The standard InChI is InChI=1S/C20H30N2O3/c1-3-15(2)17-11-7-8-12-18(17)25-14-20(24)21-13-19(23)22-16-9-5-4-6-10-16/h7-8,11-12,15-16H,3-6,9-10,13-14H2,1-2H3,(H,21,24)(H,22,23)/t15-/m1/s1. The Bertz CT molecular complexity index is 568. The Labute approximate surface area is 150 Å². The van der Waals surface area contributed by atoms with Crippen molar-refractivity contribution < 1.29 is 14.3 Å². The van der Waals surface area contributed by atoms with Crippen molar-refractivity contribution in [1.82, 2.24) is 10.6 Å². The second kappa shape index (κ2) is 10.1. The molecule has 0 aliphatic heterocycles. The Hall–Kier alpha value is -2.04. The van der Waals surface area contributed by atoms with Gasteiger partial charge in [0.2, 0.25) is 5.91 Å². The van der Waals surface area contributed by atoms with Crippen LogP contribution in [0.2, 0.25) is 0 Å². The molecule has 0 bridgehead atoms. The number of carbonyl (C=O) groups excluding carboxylic acids is 2. The molecule has 1 saturated carbocycles. The molecule has 0 saturated heterocycles. The fraction of sp³-hybridized carbons (Fsp3) is 0.600. The minimum absolute atomic E-state index is 0.00566. The molecular formula is C20H30N2O3. The number of benzene rings is 1. The van der Waals surface area contributed by atoms with E-state index in [9.17, 15) is 9.59 Å². The molecule has 1 aliphatic carbocycles. The molecule has 1 aromatic carbocycles. The van der Waals surface area contributed by atoms with E-state index in [1.54, 1.807) is 0 Å². The highest BCUT2D eigenvalue weighted by molar-refractivity contribution is 5.85. The van der Waals surface area contributed by atoms with Crippen molar-refractivity contribution in [2.75, 3.05) is 13.2 Å². The van der Waals surface area contributed by atoms with Crippen LogP contribution in [0.4, 0.5) is 0 Å². The molecule has 2 rings (SSSR count). The maximum absolute atomic E-state index is 11.9. The molecule has 0 radical (unpaired) electrons. The lowest BCUT2D eigenvalue weighted by molar-refractivity contribution is -0.127. The highest BCUT2D eigenvalue weighted by Crippen LogP contribution is 2.28.